The Morgan fingerprint density at radius 2 is 1.78 bits per heavy atom. The van der Waals surface area contributed by atoms with Gasteiger partial charge in [-0.1, -0.05) is 0 Å². The average Bonchev–Trinajstić information content (AvgIpc) is 3.02. The van der Waals surface area contributed by atoms with E-state index in [1.807, 2.05) is 36.8 Å². The topological polar surface area (TPSA) is 75.5 Å². The first-order valence-corrected chi connectivity index (χ1v) is 7.61. The highest BCUT2D eigenvalue weighted by Crippen LogP contribution is 2.18. The molecule has 0 bridgehead atoms. The van der Waals surface area contributed by atoms with Crippen LogP contribution in [-0.2, 0) is 25.4 Å². The van der Waals surface area contributed by atoms with Crippen molar-refractivity contribution in [2.24, 2.45) is 14.1 Å². The lowest BCUT2D eigenvalue weighted by atomic mass is 10.3. The molecule has 0 aromatic carbocycles. The third-order valence-corrected chi connectivity index (χ3v) is 4.45. The van der Waals surface area contributed by atoms with E-state index in [2.05, 4.69) is 4.98 Å². The molecule has 3 heterocycles. The van der Waals surface area contributed by atoms with Gasteiger partial charge in [0.15, 0.2) is 11.2 Å². The minimum atomic E-state index is -0.375. The lowest BCUT2D eigenvalue weighted by Crippen LogP contribution is -2.40. The summed E-state index contributed by atoms with van der Waals surface area (Å²) in [6.45, 7) is 6.90. The van der Waals surface area contributed by atoms with E-state index in [4.69, 9.17) is 4.74 Å². The first-order chi connectivity index (χ1) is 10.9. The molecule has 0 N–H and O–H groups in total. The van der Waals surface area contributed by atoms with Gasteiger partial charge in [0.25, 0.3) is 5.56 Å². The fourth-order valence-electron chi connectivity index (χ4n) is 2.90. The number of nitrogens with zero attached hydrogens (tertiary/aromatic N) is 5. The van der Waals surface area contributed by atoms with Crippen molar-refractivity contribution in [3.05, 3.63) is 32.2 Å². The molecule has 0 amide bonds. The summed E-state index contributed by atoms with van der Waals surface area (Å²) >= 11 is 0. The quantitative estimate of drug-likeness (QED) is 0.650. The maximum Gasteiger partial charge on any atom is 0.332 e. The molecular formula is C15H21N5O3. The van der Waals surface area contributed by atoms with Crippen molar-refractivity contribution in [3.63, 3.8) is 0 Å². The van der Waals surface area contributed by atoms with Crippen molar-refractivity contribution < 1.29 is 4.74 Å². The van der Waals surface area contributed by atoms with Crippen molar-refractivity contribution in [2.45, 2.75) is 27.3 Å². The Bertz CT molecular complexity index is 1020. The Morgan fingerprint density at radius 1 is 1.09 bits per heavy atom. The van der Waals surface area contributed by atoms with Crippen LogP contribution in [0.5, 0.6) is 0 Å². The fraction of sp³-hybridized carbons (Fsp3) is 0.533. The Hall–Kier alpha value is -2.35. The van der Waals surface area contributed by atoms with Crippen LogP contribution in [-0.4, -0.2) is 36.3 Å². The Kier molecular flexibility index (Phi) is 3.63. The van der Waals surface area contributed by atoms with Gasteiger partial charge in [-0.3, -0.25) is 18.3 Å². The highest BCUT2D eigenvalue weighted by Gasteiger charge is 2.21. The van der Waals surface area contributed by atoms with Gasteiger partial charge in [0, 0.05) is 32.1 Å². The molecule has 0 saturated heterocycles. The van der Waals surface area contributed by atoms with Gasteiger partial charge >= 0.3 is 5.69 Å². The van der Waals surface area contributed by atoms with Crippen LogP contribution in [0.3, 0.4) is 0 Å². The second-order valence-corrected chi connectivity index (χ2v) is 5.64. The molecule has 0 aliphatic rings. The van der Waals surface area contributed by atoms with E-state index >= 15 is 0 Å². The van der Waals surface area contributed by atoms with E-state index in [0.29, 0.717) is 30.2 Å². The molecule has 0 unspecified atom stereocenters. The zero-order chi connectivity index (χ0) is 16.9. The highest BCUT2D eigenvalue weighted by molar-refractivity contribution is 5.76. The molecule has 124 valence electrons. The van der Waals surface area contributed by atoms with Gasteiger partial charge in [0.1, 0.15) is 0 Å². The summed E-state index contributed by atoms with van der Waals surface area (Å²) in [5.41, 5.74) is 2.10. The molecule has 0 radical (unpaired) electrons. The second-order valence-electron chi connectivity index (χ2n) is 5.64. The van der Waals surface area contributed by atoms with Crippen molar-refractivity contribution >= 4 is 16.9 Å². The molecule has 0 fully saturated rings. The highest BCUT2D eigenvalue weighted by atomic mass is 16.5. The van der Waals surface area contributed by atoms with E-state index in [1.165, 1.54) is 9.13 Å². The minimum Gasteiger partial charge on any atom is -0.380 e. The number of imidazole rings is 2. The van der Waals surface area contributed by atoms with Crippen LogP contribution in [0.4, 0.5) is 0 Å². The standard InChI is InChI=1S/C15H21N5O3/c1-6-23-8-7-19-13(21)11-12(18(5)15(19)22)16-14-17(4)9(2)10(3)20(11)14/h6-8H2,1-5H3. The van der Waals surface area contributed by atoms with Gasteiger partial charge in [-0.05, 0) is 20.8 Å². The number of aryl methyl sites for hydroxylation is 3. The van der Waals surface area contributed by atoms with Gasteiger partial charge in [-0.15, -0.1) is 0 Å². The van der Waals surface area contributed by atoms with Crippen LogP contribution in [0.15, 0.2) is 9.59 Å². The molecule has 0 aliphatic carbocycles. The Labute approximate surface area is 132 Å². The smallest absolute Gasteiger partial charge is 0.332 e. The van der Waals surface area contributed by atoms with Crippen molar-refractivity contribution in [1.29, 1.82) is 0 Å². The summed E-state index contributed by atoms with van der Waals surface area (Å²) in [4.78, 5) is 29.8. The first-order valence-electron chi connectivity index (χ1n) is 7.61. The number of rotatable bonds is 4. The van der Waals surface area contributed by atoms with E-state index in [-0.39, 0.29) is 17.8 Å². The molecule has 0 saturated carbocycles. The minimum absolute atomic E-state index is 0.230. The monoisotopic (exact) mass is 319 g/mol. The Balaban J connectivity index is 2.40. The SMILES string of the molecule is CCOCCn1c(=O)c2c(nc3n(C)c(C)c(C)n23)n(C)c1=O. The molecule has 8 heteroatoms. The number of fused-ring (bicyclic) bond motifs is 3. The maximum atomic E-state index is 12.9. The largest absolute Gasteiger partial charge is 0.380 e. The predicted molar refractivity (Wildman–Crippen MR) is 87.1 cm³/mol. The summed E-state index contributed by atoms with van der Waals surface area (Å²) in [6.07, 6.45) is 0. The number of hydrogen-bond acceptors (Lipinski definition) is 4. The van der Waals surface area contributed by atoms with Crippen LogP contribution < -0.4 is 11.2 Å². The normalized spacial score (nSPS) is 11.9. The first kappa shape index (κ1) is 15.5. The van der Waals surface area contributed by atoms with Gasteiger partial charge in [0.05, 0.1) is 13.2 Å². The predicted octanol–water partition coefficient (Wildman–Crippen LogP) is 0.340. The number of hydrogen-bond donors (Lipinski definition) is 0. The molecule has 0 atom stereocenters. The maximum absolute atomic E-state index is 12.9. The molecular weight excluding hydrogens is 298 g/mol. The van der Waals surface area contributed by atoms with Crippen molar-refractivity contribution in [2.75, 3.05) is 13.2 Å². The van der Waals surface area contributed by atoms with Crippen LogP contribution in [0.2, 0.25) is 0 Å². The van der Waals surface area contributed by atoms with Crippen molar-refractivity contribution in [3.8, 4) is 0 Å². The molecule has 3 aromatic heterocycles. The Morgan fingerprint density at radius 3 is 2.43 bits per heavy atom. The van der Waals surface area contributed by atoms with Gasteiger partial charge in [-0.2, -0.15) is 4.98 Å². The van der Waals surface area contributed by atoms with Crippen LogP contribution in [0, 0.1) is 13.8 Å². The summed E-state index contributed by atoms with van der Waals surface area (Å²) in [6, 6.07) is 0. The molecule has 3 aromatic rings. The molecule has 3 rings (SSSR count). The van der Waals surface area contributed by atoms with Crippen LogP contribution >= 0.6 is 0 Å². The number of ether oxygens (including phenoxy) is 1. The second kappa shape index (κ2) is 5.38. The molecule has 8 nitrogen and oxygen atoms in total. The lowest BCUT2D eigenvalue weighted by molar-refractivity contribution is 0.137. The zero-order valence-electron chi connectivity index (χ0n) is 14.1. The van der Waals surface area contributed by atoms with E-state index in [0.717, 1.165) is 11.4 Å². The van der Waals surface area contributed by atoms with Gasteiger partial charge in [-0.25, -0.2) is 4.79 Å². The molecule has 0 spiro atoms. The molecule has 0 aliphatic heterocycles. The number of aromatic nitrogens is 5. The zero-order valence-corrected chi connectivity index (χ0v) is 14.1. The molecule has 23 heavy (non-hydrogen) atoms. The van der Waals surface area contributed by atoms with Crippen LogP contribution in [0.25, 0.3) is 16.9 Å². The van der Waals surface area contributed by atoms with Gasteiger partial charge in [0.2, 0.25) is 5.78 Å². The lowest BCUT2D eigenvalue weighted by Gasteiger charge is -2.08. The summed E-state index contributed by atoms with van der Waals surface area (Å²) in [7, 11) is 3.53. The summed E-state index contributed by atoms with van der Waals surface area (Å²) < 4.78 is 11.7. The van der Waals surface area contributed by atoms with E-state index in [1.54, 1.807) is 7.05 Å². The third kappa shape index (κ3) is 2.05. The van der Waals surface area contributed by atoms with Crippen LogP contribution in [0.1, 0.15) is 18.3 Å². The average molecular weight is 319 g/mol. The van der Waals surface area contributed by atoms with Gasteiger partial charge < -0.3 is 9.30 Å². The summed E-state index contributed by atoms with van der Waals surface area (Å²) in [5.74, 6) is 0.657. The van der Waals surface area contributed by atoms with E-state index in [9.17, 15) is 9.59 Å². The fourth-order valence-corrected chi connectivity index (χ4v) is 2.90. The van der Waals surface area contributed by atoms with Crippen molar-refractivity contribution in [1.82, 2.24) is 23.1 Å². The summed E-state index contributed by atoms with van der Waals surface area (Å²) in [5, 5.41) is 0. The third-order valence-electron chi connectivity index (χ3n) is 4.45. The van der Waals surface area contributed by atoms with E-state index < -0.39 is 0 Å².